The van der Waals surface area contributed by atoms with Gasteiger partial charge in [0, 0.05) is 6.42 Å². The van der Waals surface area contributed by atoms with Gasteiger partial charge in [-0.2, -0.15) is 0 Å². The monoisotopic (exact) mass is 290 g/mol. The first-order valence-corrected chi connectivity index (χ1v) is 7.18. The highest BCUT2D eigenvalue weighted by atomic mass is 35.5. The lowest BCUT2D eigenvalue weighted by atomic mass is 9.99. The lowest BCUT2D eigenvalue weighted by Gasteiger charge is -2.12. The molecular weight excluding hydrogens is 275 g/mol. The van der Waals surface area contributed by atoms with Crippen molar-refractivity contribution in [2.45, 2.75) is 31.7 Å². The Kier molecular flexibility index (Phi) is 3.43. The largest absolute Gasteiger partial charge is 0.490 e. The first-order valence-electron chi connectivity index (χ1n) is 6.74. The van der Waals surface area contributed by atoms with Crippen LogP contribution in [0.5, 0.6) is 5.75 Å². The van der Waals surface area contributed by atoms with E-state index in [1.54, 1.807) is 13.0 Å². The quantitative estimate of drug-likeness (QED) is 0.723. The molecule has 3 rings (SSSR count). The summed E-state index contributed by atoms with van der Waals surface area (Å²) in [5.41, 5.74) is 3.56. The number of alkyl halides is 1. The number of fused-ring (bicyclic) bond motifs is 1. The molecule has 0 fully saturated rings. The standard InChI is InChI=1S/C17H16ClFO/c1-10-3-4-13(9-15(10)19)17(18)12-5-6-16-14(8-12)7-11(2)20-16/h3-6,8-9,11,17H,7H2,1-2H3. The van der Waals surface area contributed by atoms with Crippen LogP contribution in [0.2, 0.25) is 0 Å². The Morgan fingerprint density at radius 1 is 1.20 bits per heavy atom. The molecule has 2 aromatic carbocycles. The molecule has 0 aromatic heterocycles. The average molecular weight is 291 g/mol. The van der Waals surface area contributed by atoms with E-state index < -0.39 is 0 Å². The van der Waals surface area contributed by atoms with E-state index in [0.29, 0.717) is 5.56 Å². The van der Waals surface area contributed by atoms with Gasteiger partial charge in [0.2, 0.25) is 0 Å². The van der Waals surface area contributed by atoms with Crippen molar-refractivity contribution in [1.82, 2.24) is 0 Å². The average Bonchev–Trinajstić information content (AvgIpc) is 2.80. The molecule has 0 saturated carbocycles. The van der Waals surface area contributed by atoms with Gasteiger partial charge in [-0.25, -0.2) is 4.39 Å². The normalized spacial score (nSPS) is 18.5. The van der Waals surface area contributed by atoms with E-state index in [1.807, 2.05) is 25.1 Å². The molecule has 0 saturated heterocycles. The van der Waals surface area contributed by atoms with Crippen LogP contribution in [0.3, 0.4) is 0 Å². The van der Waals surface area contributed by atoms with Crippen molar-refractivity contribution >= 4 is 11.6 Å². The first-order chi connectivity index (χ1) is 9.54. The van der Waals surface area contributed by atoms with E-state index in [-0.39, 0.29) is 17.3 Å². The van der Waals surface area contributed by atoms with E-state index in [2.05, 4.69) is 6.07 Å². The molecule has 3 heteroatoms. The third-order valence-corrected chi connectivity index (χ3v) is 4.21. The molecule has 1 aliphatic heterocycles. The Morgan fingerprint density at radius 3 is 2.65 bits per heavy atom. The minimum absolute atomic E-state index is 0.214. The van der Waals surface area contributed by atoms with Crippen molar-refractivity contribution < 1.29 is 9.13 Å². The van der Waals surface area contributed by atoms with Crippen LogP contribution in [0.4, 0.5) is 4.39 Å². The van der Waals surface area contributed by atoms with E-state index in [0.717, 1.165) is 23.3 Å². The smallest absolute Gasteiger partial charge is 0.126 e. The molecule has 2 atom stereocenters. The Hall–Kier alpha value is -1.54. The van der Waals surface area contributed by atoms with E-state index >= 15 is 0 Å². The Balaban J connectivity index is 1.93. The van der Waals surface area contributed by atoms with Crippen LogP contribution in [0.1, 0.15) is 34.6 Å². The number of aryl methyl sites for hydroxylation is 1. The predicted molar refractivity (Wildman–Crippen MR) is 79.1 cm³/mol. The van der Waals surface area contributed by atoms with E-state index in [4.69, 9.17) is 16.3 Å². The molecule has 2 unspecified atom stereocenters. The molecule has 1 heterocycles. The summed E-state index contributed by atoms with van der Waals surface area (Å²) in [7, 11) is 0. The summed E-state index contributed by atoms with van der Waals surface area (Å²) in [5, 5.41) is -0.341. The van der Waals surface area contributed by atoms with Crippen molar-refractivity contribution in [3.05, 3.63) is 64.5 Å². The van der Waals surface area contributed by atoms with Crippen molar-refractivity contribution in [1.29, 1.82) is 0 Å². The fourth-order valence-electron chi connectivity index (χ4n) is 2.56. The summed E-state index contributed by atoms with van der Waals surface area (Å²) in [5.74, 6) is 0.714. The third kappa shape index (κ3) is 2.40. The molecule has 1 aliphatic rings. The summed E-state index contributed by atoms with van der Waals surface area (Å²) in [6.45, 7) is 3.80. The van der Waals surface area contributed by atoms with Crippen LogP contribution in [0.25, 0.3) is 0 Å². The number of halogens is 2. The fourth-order valence-corrected chi connectivity index (χ4v) is 2.83. The van der Waals surface area contributed by atoms with Gasteiger partial charge in [-0.3, -0.25) is 0 Å². The van der Waals surface area contributed by atoms with Gasteiger partial charge >= 0.3 is 0 Å². The molecule has 0 aliphatic carbocycles. The maximum atomic E-state index is 13.6. The molecular formula is C17H16ClFO. The predicted octanol–water partition coefficient (Wildman–Crippen LogP) is 4.79. The lowest BCUT2D eigenvalue weighted by molar-refractivity contribution is 0.254. The van der Waals surface area contributed by atoms with Gasteiger partial charge in [-0.15, -0.1) is 11.6 Å². The van der Waals surface area contributed by atoms with Gasteiger partial charge in [-0.1, -0.05) is 24.3 Å². The molecule has 104 valence electrons. The van der Waals surface area contributed by atoms with Crippen molar-refractivity contribution in [3.8, 4) is 5.75 Å². The zero-order valence-corrected chi connectivity index (χ0v) is 12.2. The van der Waals surface area contributed by atoms with Crippen LogP contribution < -0.4 is 4.74 Å². The zero-order chi connectivity index (χ0) is 14.3. The number of hydrogen-bond donors (Lipinski definition) is 0. The maximum absolute atomic E-state index is 13.6. The highest BCUT2D eigenvalue weighted by Crippen LogP contribution is 2.35. The van der Waals surface area contributed by atoms with Crippen LogP contribution in [-0.2, 0) is 6.42 Å². The first kappa shape index (κ1) is 13.4. The topological polar surface area (TPSA) is 9.23 Å². The molecule has 0 amide bonds. The van der Waals surface area contributed by atoms with Gasteiger partial charge in [0.05, 0.1) is 5.38 Å². The number of hydrogen-bond acceptors (Lipinski definition) is 1. The van der Waals surface area contributed by atoms with Gasteiger partial charge in [0.1, 0.15) is 17.7 Å². The van der Waals surface area contributed by atoms with Gasteiger partial charge in [0.15, 0.2) is 0 Å². The van der Waals surface area contributed by atoms with Crippen LogP contribution >= 0.6 is 11.6 Å². The number of ether oxygens (including phenoxy) is 1. The van der Waals surface area contributed by atoms with Gasteiger partial charge < -0.3 is 4.74 Å². The fraction of sp³-hybridized carbons (Fsp3) is 0.294. The zero-order valence-electron chi connectivity index (χ0n) is 11.5. The molecule has 20 heavy (non-hydrogen) atoms. The second-order valence-electron chi connectivity index (χ2n) is 5.37. The Morgan fingerprint density at radius 2 is 1.90 bits per heavy atom. The Bertz CT molecular complexity index is 653. The summed E-state index contributed by atoms with van der Waals surface area (Å²) >= 11 is 6.49. The van der Waals surface area contributed by atoms with Gasteiger partial charge in [-0.05, 0) is 48.2 Å². The molecule has 0 spiro atoms. The van der Waals surface area contributed by atoms with Crippen LogP contribution in [0, 0.1) is 12.7 Å². The van der Waals surface area contributed by atoms with Crippen molar-refractivity contribution in [3.63, 3.8) is 0 Å². The Labute approximate surface area is 123 Å². The maximum Gasteiger partial charge on any atom is 0.126 e. The number of benzene rings is 2. The minimum atomic E-state index is -0.341. The van der Waals surface area contributed by atoms with E-state index in [9.17, 15) is 4.39 Å². The highest BCUT2D eigenvalue weighted by molar-refractivity contribution is 6.22. The van der Waals surface area contributed by atoms with Crippen LogP contribution in [-0.4, -0.2) is 6.10 Å². The van der Waals surface area contributed by atoms with Crippen molar-refractivity contribution in [2.24, 2.45) is 0 Å². The molecule has 2 aromatic rings. The summed E-state index contributed by atoms with van der Waals surface area (Å²) < 4.78 is 19.3. The van der Waals surface area contributed by atoms with Crippen molar-refractivity contribution in [2.75, 3.05) is 0 Å². The SMILES string of the molecule is Cc1ccc(C(Cl)c2ccc3c(c2)CC(C)O3)cc1F. The second kappa shape index (κ2) is 5.10. The number of rotatable bonds is 2. The lowest BCUT2D eigenvalue weighted by Crippen LogP contribution is -2.05. The van der Waals surface area contributed by atoms with Gasteiger partial charge in [0.25, 0.3) is 0 Å². The third-order valence-electron chi connectivity index (χ3n) is 3.70. The summed E-state index contributed by atoms with van der Waals surface area (Å²) in [6.07, 6.45) is 1.11. The summed E-state index contributed by atoms with van der Waals surface area (Å²) in [6, 6.07) is 11.1. The molecule has 1 nitrogen and oxygen atoms in total. The molecule has 0 radical (unpaired) electrons. The second-order valence-corrected chi connectivity index (χ2v) is 5.81. The molecule has 0 N–H and O–H groups in total. The minimum Gasteiger partial charge on any atom is -0.490 e. The van der Waals surface area contributed by atoms with Crippen LogP contribution in [0.15, 0.2) is 36.4 Å². The molecule has 0 bridgehead atoms. The summed E-state index contributed by atoms with van der Waals surface area (Å²) in [4.78, 5) is 0. The van der Waals surface area contributed by atoms with E-state index in [1.165, 1.54) is 11.6 Å². The highest BCUT2D eigenvalue weighted by Gasteiger charge is 2.21.